The Labute approximate surface area is 131 Å². The van der Waals surface area contributed by atoms with Crippen LogP contribution in [0.3, 0.4) is 0 Å². The minimum Gasteiger partial charge on any atom is -0.394 e. The number of rotatable bonds is 2. The molecule has 0 spiro atoms. The van der Waals surface area contributed by atoms with E-state index in [0.29, 0.717) is 0 Å². The summed E-state index contributed by atoms with van der Waals surface area (Å²) >= 11 is 0. The number of hydrogen-bond acceptors (Lipinski definition) is 8. The van der Waals surface area contributed by atoms with Gasteiger partial charge in [-0.05, 0) is 6.07 Å². The molecule has 2 aliphatic heterocycles. The van der Waals surface area contributed by atoms with Crippen molar-refractivity contribution in [2.45, 2.75) is 35.4 Å². The highest BCUT2D eigenvalue weighted by atomic mass is 32.2. The summed E-state index contributed by atoms with van der Waals surface area (Å²) in [5.74, 6) is -0.800. The number of fused-ring (bicyclic) bond motifs is 1. The molecule has 1 saturated heterocycles. The molecule has 9 nitrogen and oxygen atoms in total. The lowest BCUT2D eigenvalue weighted by Gasteiger charge is -2.40. The average Bonchev–Trinajstić information content (AvgIpc) is 2.75. The maximum Gasteiger partial charge on any atom is 0.266 e. The molecule has 5 atom stereocenters. The van der Waals surface area contributed by atoms with Crippen LogP contribution in [0.1, 0.15) is 22.0 Å². The first-order valence-electron chi connectivity index (χ1n) is 6.78. The molecule has 3 rings (SSSR count). The molecule has 0 bridgehead atoms. The van der Waals surface area contributed by atoms with Gasteiger partial charge in [0.05, 0.1) is 12.2 Å². The van der Waals surface area contributed by atoms with Crippen LogP contribution < -0.4 is 4.72 Å². The molecule has 0 saturated carbocycles. The Balaban J connectivity index is 2.11. The van der Waals surface area contributed by atoms with Gasteiger partial charge in [-0.1, -0.05) is 12.1 Å². The van der Waals surface area contributed by atoms with Gasteiger partial charge in [-0.2, -0.15) is 0 Å². The van der Waals surface area contributed by atoms with Crippen LogP contribution in [0.4, 0.5) is 0 Å². The van der Waals surface area contributed by atoms with E-state index in [1.807, 2.05) is 4.72 Å². The quantitative estimate of drug-likeness (QED) is 0.399. The molecule has 1 aromatic rings. The first-order chi connectivity index (χ1) is 10.8. The second-order valence-corrected chi connectivity index (χ2v) is 7.03. The van der Waals surface area contributed by atoms with Crippen LogP contribution in [0.25, 0.3) is 0 Å². The summed E-state index contributed by atoms with van der Waals surface area (Å²) in [7, 11) is -4.11. The molecule has 1 aromatic carbocycles. The van der Waals surface area contributed by atoms with Gasteiger partial charge in [-0.15, -0.1) is 0 Å². The van der Waals surface area contributed by atoms with E-state index in [4.69, 9.17) is 4.74 Å². The van der Waals surface area contributed by atoms with Crippen LogP contribution in [0.15, 0.2) is 23.1 Å². The van der Waals surface area contributed by atoms with E-state index in [2.05, 4.69) is 0 Å². The molecule has 2 aliphatic rings. The molecule has 2 heterocycles. The third-order valence-corrected chi connectivity index (χ3v) is 5.43. The molecule has 0 aliphatic carbocycles. The molecule has 0 aromatic heterocycles. The number of ether oxygens (including phenoxy) is 1. The Morgan fingerprint density at radius 3 is 2.48 bits per heavy atom. The van der Waals surface area contributed by atoms with Crippen LogP contribution >= 0.6 is 0 Å². The first kappa shape index (κ1) is 16.3. The van der Waals surface area contributed by atoms with E-state index in [1.54, 1.807) is 0 Å². The first-order valence-corrected chi connectivity index (χ1v) is 8.27. The highest BCUT2D eigenvalue weighted by Crippen LogP contribution is 2.38. The molecule has 10 heteroatoms. The minimum atomic E-state index is -4.11. The molecule has 126 valence electrons. The Bertz CT molecular complexity index is 746. The molecule has 5 N–H and O–H groups in total. The van der Waals surface area contributed by atoms with E-state index < -0.39 is 53.1 Å². The normalized spacial score (nSPS) is 35.7. The van der Waals surface area contributed by atoms with Crippen molar-refractivity contribution in [2.24, 2.45) is 0 Å². The van der Waals surface area contributed by atoms with Crippen molar-refractivity contribution < 1.29 is 38.4 Å². The second kappa shape index (κ2) is 5.51. The Hall–Kier alpha value is -1.56. The Morgan fingerprint density at radius 1 is 1.13 bits per heavy atom. The van der Waals surface area contributed by atoms with Gasteiger partial charge < -0.3 is 25.2 Å². The number of carbonyl (C=O) groups is 1. The topological polar surface area (TPSA) is 153 Å². The Morgan fingerprint density at radius 2 is 1.83 bits per heavy atom. The monoisotopic (exact) mass is 345 g/mol. The number of sulfonamides is 1. The lowest BCUT2D eigenvalue weighted by molar-refractivity contribution is -0.232. The zero-order chi connectivity index (χ0) is 16.9. The standard InChI is InChI=1S/C13H15NO8S/c15-4-7-8(16)9(17)10(18)11(22-7)5-2-1-3-6-12(5)23(20,21)14-13(6)19/h1-3,7-11,15-18H,4H2,(H,14,19)/t7-,8+,9+,10-,11?/m1/s1. The maximum atomic E-state index is 12.1. The predicted octanol–water partition coefficient (Wildman–Crippen LogP) is -2.37. The number of carbonyl (C=O) groups excluding carboxylic acids is 1. The van der Waals surface area contributed by atoms with Crippen LogP contribution in [-0.2, 0) is 14.8 Å². The van der Waals surface area contributed by atoms with Gasteiger partial charge in [-0.3, -0.25) is 4.79 Å². The largest absolute Gasteiger partial charge is 0.394 e. The van der Waals surface area contributed by atoms with Crippen molar-refractivity contribution in [3.05, 3.63) is 29.3 Å². The van der Waals surface area contributed by atoms with Crippen LogP contribution in [0, 0.1) is 0 Å². The molecule has 0 radical (unpaired) electrons. The Kier molecular flexibility index (Phi) is 3.91. The van der Waals surface area contributed by atoms with Gasteiger partial charge >= 0.3 is 0 Å². The van der Waals surface area contributed by atoms with Crippen molar-refractivity contribution >= 4 is 15.9 Å². The zero-order valence-corrected chi connectivity index (χ0v) is 12.5. The fourth-order valence-corrected chi connectivity index (χ4v) is 4.25. The summed E-state index contributed by atoms with van der Waals surface area (Å²) in [6.45, 7) is -0.638. The van der Waals surface area contributed by atoms with E-state index in [1.165, 1.54) is 18.2 Å². The molecule has 1 unspecified atom stereocenters. The average molecular weight is 345 g/mol. The fraction of sp³-hybridized carbons (Fsp3) is 0.462. The molecule has 1 amide bonds. The number of amides is 1. The summed E-state index contributed by atoms with van der Waals surface area (Å²) in [5, 5.41) is 38.9. The minimum absolute atomic E-state index is 0.0299. The van der Waals surface area contributed by atoms with Gasteiger partial charge in [0.15, 0.2) is 0 Å². The molecule has 1 fully saturated rings. The molecule has 23 heavy (non-hydrogen) atoms. The highest BCUT2D eigenvalue weighted by molar-refractivity contribution is 7.90. The van der Waals surface area contributed by atoms with Crippen molar-refractivity contribution in [2.75, 3.05) is 6.61 Å². The lowest BCUT2D eigenvalue weighted by atomic mass is 9.90. The van der Waals surface area contributed by atoms with Crippen LogP contribution in [0.5, 0.6) is 0 Å². The van der Waals surface area contributed by atoms with Gasteiger partial charge in [0.2, 0.25) is 0 Å². The summed E-state index contributed by atoms with van der Waals surface area (Å²) in [6.07, 6.45) is -7.34. The maximum absolute atomic E-state index is 12.1. The summed E-state index contributed by atoms with van der Waals surface area (Å²) < 4.78 is 31.4. The van der Waals surface area contributed by atoms with Crippen molar-refractivity contribution in [3.63, 3.8) is 0 Å². The molecular weight excluding hydrogens is 330 g/mol. The van der Waals surface area contributed by atoms with E-state index in [0.717, 1.165) is 0 Å². The molecular formula is C13H15NO8S. The van der Waals surface area contributed by atoms with Crippen molar-refractivity contribution in [1.82, 2.24) is 4.72 Å². The van der Waals surface area contributed by atoms with Crippen molar-refractivity contribution in [3.8, 4) is 0 Å². The van der Waals surface area contributed by atoms with E-state index >= 15 is 0 Å². The third kappa shape index (κ3) is 2.43. The summed E-state index contributed by atoms with van der Waals surface area (Å²) in [5.41, 5.74) is -0.128. The zero-order valence-electron chi connectivity index (χ0n) is 11.7. The van der Waals surface area contributed by atoms with Gasteiger partial charge in [0, 0.05) is 5.56 Å². The number of aliphatic hydroxyl groups excluding tert-OH is 4. The van der Waals surface area contributed by atoms with E-state index in [9.17, 15) is 33.6 Å². The van der Waals surface area contributed by atoms with Crippen LogP contribution in [-0.4, -0.2) is 65.8 Å². The SMILES string of the molecule is O=C1NS(=O)(=O)c2c1cccc2C1O[C@H](CO)[C@H](O)[C@H](O)[C@H]1O. The summed E-state index contributed by atoms with van der Waals surface area (Å²) in [4.78, 5) is 11.4. The number of benzene rings is 1. The lowest BCUT2D eigenvalue weighted by Crippen LogP contribution is -2.55. The van der Waals surface area contributed by atoms with E-state index in [-0.39, 0.29) is 16.0 Å². The number of hydrogen-bond donors (Lipinski definition) is 5. The number of nitrogens with one attached hydrogen (secondary N) is 1. The van der Waals surface area contributed by atoms with Gasteiger partial charge in [0.25, 0.3) is 15.9 Å². The second-order valence-electron chi connectivity index (χ2n) is 5.41. The van der Waals surface area contributed by atoms with Gasteiger partial charge in [0.1, 0.15) is 35.4 Å². The highest BCUT2D eigenvalue weighted by Gasteiger charge is 2.47. The third-order valence-electron chi connectivity index (χ3n) is 3.98. The smallest absolute Gasteiger partial charge is 0.266 e. The van der Waals surface area contributed by atoms with Gasteiger partial charge in [-0.25, -0.2) is 13.1 Å². The predicted molar refractivity (Wildman–Crippen MR) is 73.8 cm³/mol. The fourth-order valence-electron chi connectivity index (χ4n) is 2.84. The van der Waals surface area contributed by atoms with Crippen molar-refractivity contribution in [1.29, 1.82) is 0 Å². The van der Waals surface area contributed by atoms with Crippen LogP contribution in [0.2, 0.25) is 0 Å². The summed E-state index contributed by atoms with van der Waals surface area (Å²) in [6, 6.07) is 4.06. The number of aliphatic hydroxyl groups is 4.